The molecule has 0 radical (unpaired) electrons. The van der Waals surface area contributed by atoms with E-state index < -0.39 is 0 Å². The summed E-state index contributed by atoms with van der Waals surface area (Å²) in [5.41, 5.74) is 3.77. The van der Waals surface area contributed by atoms with Gasteiger partial charge in [-0.05, 0) is 49.4 Å². The van der Waals surface area contributed by atoms with Crippen molar-refractivity contribution in [1.82, 2.24) is 15.5 Å². The molecule has 2 N–H and O–H groups in total. The number of carbonyl (C=O) groups is 1. The van der Waals surface area contributed by atoms with Crippen molar-refractivity contribution < 1.29 is 4.79 Å². The molecular weight excluding hydrogens is 300 g/mol. The molecule has 24 heavy (non-hydrogen) atoms. The number of aromatic nitrogens is 2. The Morgan fingerprint density at radius 3 is 2.46 bits per heavy atom. The molecule has 5 nitrogen and oxygen atoms in total. The van der Waals surface area contributed by atoms with Crippen molar-refractivity contribution in [3.05, 3.63) is 47.2 Å². The van der Waals surface area contributed by atoms with Crippen molar-refractivity contribution in [2.45, 2.75) is 53.0 Å². The maximum atomic E-state index is 12.0. The monoisotopic (exact) mass is 326 g/mol. The highest BCUT2D eigenvalue weighted by Gasteiger charge is 2.12. The first-order chi connectivity index (χ1) is 11.4. The van der Waals surface area contributed by atoms with Crippen molar-refractivity contribution in [2.24, 2.45) is 0 Å². The van der Waals surface area contributed by atoms with Crippen LogP contribution in [0.15, 0.2) is 30.3 Å². The number of carbonyl (C=O) groups excluding carboxylic acids is 1. The van der Waals surface area contributed by atoms with Crippen LogP contribution in [-0.4, -0.2) is 22.1 Å². The maximum Gasteiger partial charge on any atom is 0.272 e. The van der Waals surface area contributed by atoms with Crippen LogP contribution in [0.25, 0.3) is 0 Å². The Morgan fingerprint density at radius 2 is 1.88 bits per heavy atom. The van der Waals surface area contributed by atoms with E-state index in [-0.39, 0.29) is 11.9 Å². The minimum Gasteiger partial charge on any atom is -0.348 e. The van der Waals surface area contributed by atoms with Gasteiger partial charge in [-0.25, -0.2) is 0 Å². The Bertz CT molecular complexity index is 695. The van der Waals surface area contributed by atoms with Crippen molar-refractivity contribution in [3.63, 3.8) is 0 Å². The standard InChI is InChI=1S/C19H26N4O/c1-6-14(5)20-19(24)16-10-11-17(23-22-16)21-18-13(4)8-7-9-15(18)12(2)3/h7-12,14H,6H2,1-5H3,(H,20,24)(H,21,23). The molecule has 2 aromatic rings. The number of hydrogen-bond donors (Lipinski definition) is 2. The molecule has 1 aromatic heterocycles. The molecule has 0 fully saturated rings. The van der Waals surface area contributed by atoms with E-state index >= 15 is 0 Å². The molecule has 5 heteroatoms. The van der Waals surface area contributed by atoms with E-state index in [1.165, 1.54) is 5.56 Å². The number of hydrogen-bond acceptors (Lipinski definition) is 4. The lowest BCUT2D eigenvalue weighted by molar-refractivity contribution is 0.0933. The molecule has 1 aromatic carbocycles. The van der Waals surface area contributed by atoms with E-state index in [0.717, 1.165) is 17.7 Å². The summed E-state index contributed by atoms with van der Waals surface area (Å²) >= 11 is 0. The zero-order valence-electron chi connectivity index (χ0n) is 15.1. The summed E-state index contributed by atoms with van der Waals surface area (Å²) in [7, 11) is 0. The topological polar surface area (TPSA) is 66.9 Å². The second-order valence-corrected chi connectivity index (χ2v) is 6.41. The van der Waals surface area contributed by atoms with Crippen LogP contribution in [0.5, 0.6) is 0 Å². The largest absolute Gasteiger partial charge is 0.348 e. The van der Waals surface area contributed by atoms with E-state index in [1.54, 1.807) is 12.1 Å². The summed E-state index contributed by atoms with van der Waals surface area (Å²) in [5.74, 6) is 0.842. The maximum absolute atomic E-state index is 12.0. The van der Waals surface area contributed by atoms with Gasteiger partial charge in [-0.1, -0.05) is 39.0 Å². The second-order valence-electron chi connectivity index (χ2n) is 6.41. The van der Waals surface area contributed by atoms with Crippen LogP contribution < -0.4 is 10.6 Å². The zero-order chi connectivity index (χ0) is 17.7. The Kier molecular flexibility index (Phi) is 5.90. The van der Waals surface area contributed by atoms with Crippen LogP contribution in [0.3, 0.4) is 0 Å². The molecule has 0 aliphatic heterocycles. The molecule has 0 aliphatic rings. The van der Waals surface area contributed by atoms with E-state index in [4.69, 9.17) is 0 Å². The minimum absolute atomic E-state index is 0.123. The average Bonchev–Trinajstić information content (AvgIpc) is 2.56. The molecule has 2 rings (SSSR count). The lowest BCUT2D eigenvalue weighted by Crippen LogP contribution is -2.32. The van der Waals surface area contributed by atoms with Crippen LogP contribution >= 0.6 is 0 Å². The van der Waals surface area contributed by atoms with Gasteiger partial charge < -0.3 is 10.6 Å². The second kappa shape index (κ2) is 7.90. The van der Waals surface area contributed by atoms with Crippen molar-refractivity contribution in [1.29, 1.82) is 0 Å². The smallest absolute Gasteiger partial charge is 0.272 e. The van der Waals surface area contributed by atoms with Gasteiger partial charge in [-0.3, -0.25) is 4.79 Å². The van der Waals surface area contributed by atoms with Crippen molar-refractivity contribution in [3.8, 4) is 0 Å². The summed E-state index contributed by atoms with van der Waals surface area (Å²) < 4.78 is 0. The summed E-state index contributed by atoms with van der Waals surface area (Å²) in [6.45, 7) is 10.4. The van der Waals surface area contributed by atoms with Gasteiger partial charge in [0, 0.05) is 11.7 Å². The summed E-state index contributed by atoms with van der Waals surface area (Å²) in [6.07, 6.45) is 0.879. The molecule has 1 atom stereocenters. The van der Waals surface area contributed by atoms with Gasteiger partial charge in [-0.2, -0.15) is 0 Å². The number of para-hydroxylation sites is 1. The van der Waals surface area contributed by atoms with Gasteiger partial charge in [0.05, 0.1) is 0 Å². The molecule has 1 amide bonds. The molecule has 1 unspecified atom stereocenters. The number of benzene rings is 1. The van der Waals surface area contributed by atoms with E-state index in [0.29, 0.717) is 17.4 Å². The fraction of sp³-hybridized carbons (Fsp3) is 0.421. The highest BCUT2D eigenvalue weighted by atomic mass is 16.2. The van der Waals surface area contributed by atoms with Crippen LogP contribution in [0.1, 0.15) is 61.6 Å². The van der Waals surface area contributed by atoms with Crippen LogP contribution in [0, 0.1) is 6.92 Å². The summed E-state index contributed by atoms with van der Waals surface area (Å²) in [5, 5.41) is 14.4. The third kappa shape index (κ3) is 4.31. The molecule has 0 saturated carbocycles. The van der Waals surface area contributed by atoms with E-state index in [2.05, 4.69) is 59.8 Å². The number of amides is 1. The lowest BCUT2D eigenvalue weighted by atomic mass is 9.98. The summed E-state index contributed by atoms with van der Waals surface area (Å²) in [4.78, 5) is 12.0. The zero-order valence-corrected chi connectivity index (χ0v) is 15.1. The van der Waals surface area contributed by atoms with Gasteiger partial charge in [0.25, 0.3) is 5.91 Å². The Balaban J connectivity index is 2.17. The first-order valence-electron chi connectivity index (χ1n) is 8.43. The Morgan fingerprint density at radius 1 is 1.12 bits per heavy atom. The third-order valence-corrected chi connectivity index (χ3v) is 4.07. The van der Waals surface area contributed by atoms with Crippen LogP contribution in [0.2, 0.25) is 0 Å². The normalized spacial score (nSPS) is 12.1. The van der Waals surface area contributed by atoms with E-state index in [9.17, 15) is 4.79 Å². The number of anilines is 2. The van der Waals surface area contributed by atoms with Crippen LogP contribution in [0.4, 0.5) is 11.5 Å². The number of nitrogens with one attached hydrogen (secondary N) is 2. The van der Waals surface area contributed by atoms with Crippen LogP contribution in [-0.2, 0) is 0 Å². The van der Waals surface area contributed by atoms with Gasteiger partial charge in [0.1, 0.15) is 0 Å². The fourth-order valence-electron chi connectivity index (χ4n) is 2.39. The Labute approximate surface area is 143 Å². The van der Waals surface area contributed by atoms with Gasteiger partial charge >= 0.3 is 0 Å². The average molecular weight is 326 g/mol. The quantitative estimate of drug-likeness (QED) is 0.835. The number of rotatable bonds is 6. The molecular formula is C19H26N4O. The predicted molar refractivity (Wildman–Crippen MR) is 97.8 cm³/mol. The Hall–Kier alpha value is -2.43. The minimum atomic E-state index is -0.192. The molecule has 0 saturated heterocycles. The lowest BCUT2D eigenvalue weighted by Gasteiger charge is -2.16. The van der Waals surface area contributed by atoms with Gasteiger partial charge in [-0.15, -0.1) is 10.2 Å². The molecule has 0 aliphatic carbocycles. The number of aryl methyl sites for hydroxylation is 1. The highest BCUT2D eigenvalue weighted by molar-refractivity contribution is 5.92. The molecule has 128 valence electrons. The molecule has 0 spiro atoms. The van der Waals surface area contributed by atoms with Crippen molar-refractivity contribution in [2.75, 3.05) is 5.32 Å². The molecule has 0 bridgehead atoms. The van der Waals surface area contributed by atoms with E-state index in [1.807, 2.05) is 13.8 Å². The predicted octanol–water partition coefficient (Wildman–Crippen LogP) is 4.18. The fourth-order valence-corrected chi connectivity index (χ4v) is 2.39. The summed E-state index contributed by atoms with van der Waals surface area (Å²) in [6, 6.07) is 9.84. The first-order valence-corrected chi connectivity index (χ1v) is 8.43. The SMILES string of the molecule is CCC(C)NC(=O)c1ccc(Nc2c(C)cccc2C(C)C)nn1. The van der Waals surface area contributed by atoms with Crippen molar-refractivity contribution >= 4 is 17.4 Å². The molecule has 1 heterocycles. The number of nitrogens with zero attached hydrogens (tertiary/aromatic N) is 2. The first kappa shape index (κ1) is 17.9. The van der Waals surface area contributed by atoms with Gasteiger partial charge in [0.2, 0.25) is 0 Å². The third-order valence-electron chi connectivity index (χ3n) is 4.07. The van der Waals surface area contributed by atoms with Gasteiger partial charge in [0.15, 0.2) is 11.5 Å². The highest BCUT2D eigenvalue weighted by Crippen LogP contribution is 2.29.